The quantitative estimate of drug-likeness (QED) is 0.588. The van der Waals surface area contributed by atoms with Crippen molar-refractivity contribution in [3.05, 3.63) is 35.4 Å². The molecule has 0 saturated heterocycles. The van der Waals surface area contributed by atoms with E-state index >= 15 is 0 Å². The number of carbonyl (C=O) groups is 1. The van der Waals surface area contributed by atoms with E-state index in [1.54, 1.807) is 0 Å². The van der Waals surface area contributed by atoms with Gasteiger partial charge in [0.2, 0.25) is 5.78 Å². The van der Waals surface area contributed by atoms with Gasteiger partial charge in [-0.3, -0.25) is 4.79 Å². The van der Waals surface area contributed by atoms with Gasteiger partial charge in [-0.05, 0) is 12.1 Å². The van der Waals surface area contributed by atoms with Gasteiger partial charge in [-0.15, -0.1) is 0 Å². The van der Waals surface area contributed by atoms with Gasteiger partial charge >= 0.3 is 12.1 Å². The number of halogens is 7. The van der Waals surface area contributed by atoms with Crippen LogP contribution in [0.4, 0.5) is 30.7 Å². The van der Waals surface area contributed by atoms with E-state index in [4.69, 9.17) is 0 Å². The molecule has 17 heavy (non-hydrogen) atoms. The maximum absolute atomic E-state index is 12.9. The fourth-order valence-electron chi connectivity index (χ4n) is 0.977. The summed E-state index contributed by atoms with van der Waals surface area (Å²) < 4.78 is 86.0. The van der Waals surface area contributed by atoms with Crippen molar-refractivity contribution in [1.82, 2.24) is 0 Å². The molecule has 0 atom stereocenters. The molecule has 0 unspecified atom stereocenters. The van der Waals surface area contributed by atoms with Crippen LogP contribution >= 0.6 is 0 Å². The van der Waals surface area contributed by atoms with Crippen molar-refractivity contribution in [2.24, 2.45) is 0 Å². The Labute approximate surface area is 89.8 Å². The maximum atomic E-state index is 12.9. The second kappa shape index (κ2) is 4.01. The van der Waals surface area contributed by atoms with Gasteiger partial charge in [0.25, 0.3) is 0 Å². The van der Waals surface area contributed by atoms with E-state index in [1.807, 2.05) is 0 Å². The molecular formula is C9H3F7O. The van der Waals surface area contributed by atoms with Crippen molar-refractivity contribution in [2.45, 2.75) is 12.1 Å². The molecule has 8 heteroatoms. The molecule has 1 rings (SSSR count). The molecule has 0 radical (unpaired) electrons. The molecule has 0 spiro atoms. The van der Waals surface area contributed by atoms with Crippen molar-refractivity contribution < 1.29 is 35.5 Å². The summed E-state index contributed by atoms with van der Waals surface area (Å²) in [5, 5.41) is 0. The number of Topliss-reactive ketones (excluding diaryl/α,β-unsaturated/α-hetero) is 1. The van der Waals surface area contributed by atoms with Crippen LogP contribution in [0.1, 0.15) is 10.4 Å². The van der Waals surface area contributed by atoms with Gasteiger partial charge < -0.3 is 0 Å². The number of carbonyl (C=O) groups excluding carboxylic acids is 1. The van der Waals surface area contributed by atoms with Crippen LogP contribution in [0, 0.1) is 11.6 Å². The normalized spacial score (nSPS) is 12.6. The molecule has 0 aliphatic carbocycles. The van der Waals surface area contributed by atoms with Gasteiger partial charge in [-0.25, -0.2) is 8.78 Å². The van der Waals surface area contributed by atoms with Crippen LogP contribution in [0.25, 0.3) is 0 Å². The molecule has 0 saturated carbocycles. The summed E-state index contributed by atoms with van der Waals surface area (Å²) in [4.78, 5) is 10.8. The number of alkyl halides is 5. The monoisotopic (exact) mass is 260 g/mol. The average Bonchev–Trinajstić information content (AvgIpc) is 2.19. The summed E-state index contributed by atoms with van der Waals surface area (Å²) in [6, 6.07) is 1.48. The van der Waals surface area contributed by atoms with Crippen molar-refractivity contribution in [3.63, 3.8) is 0 Å². The third-order valence-electron chi connectivity index (χ3n) is 1.84. The average molecular weight is 260 g/mol. The molecule has 0 N–H and O–H groups in total. The minimum Gasteiger partial charge on any atom is -0.287 e. The van der Waals surface area contributed by atoms with E-state index in [-0.39, 0.29) is 0 Å². The Kier molecular flexibility index (Phi) is 3.17. The van der Waals surface area contributed by atoms with E-state index in [0.717, 1.165) is 0 Å². The Hall–Kier alpha value is -1.60. The number of rotatable bonds is 2. The number of ketones is 1. The lowest BCUT2D eigenvalue weighted by atomic mass is 10.0. The highest BCUT2D eigenvalue weighted by Crippen LogP contribution is 2.38. The van der Waals surface area contributed by atoms with E-state index in [0.29, 0.717) is 18.2 Å². The Morgan fingerprint density at radius 1 is 1.00 bits per heavy atom. The van der Waals surface area contributed by atoms with E-state index < -0.39 is 35.1 Å². The third kappa shape index (κ3) is 2.25. The second-order valence-electron chi connectivity index (χ2n) is 3.00. The highest BCUT2D eigenvalue weighted by Gasteiger charge is 2.63. The number of hydrogen-bond donors (Lipinski definition) is 0. The molecule has 0 aromatic heterocycles. The highest BCUT2D eigenvalue weighted by atomic mass is 19.4. The van der Waals surface area contributed by atoms with E-state index in [9.17, 15) is 35.5 Å². The minimum absolute atomic E-state index is 0.348. The van der Waals surface area contributed by atoms with Crippen LogP contribution in [0.5, 0.6) is 0 Å². The Morgan fingerprint density at radius 3 is 2.00 bits per heavy atom. The molecule has 1 aromatic carbocycles. The van der Waals surface area contributed by atoms with Gasteiger partial charge in [-0.2, -0.15) is 22.0 Å². The predicted molar refractivity (Wildman–Crippen MR) is 41.7 cm³/mol. The zero-order valence-electron chi connectivity index (χ0n) is 7.79. The molecule has 1 aromatic rings. The Morgan fingerprint density at radius 2 is 1.53 bits per heavy atom. The SMILES string of the molecule is O=C(c1cccc(F)c1F)C(F)(F)C(F)(F)F. The Bertz CT molecular complexity index is 449. The summed E-state index contributed by atoms with van der Waals surface area (Å²) >= 11 is 0. The molecule has 1 nitrogen and oxygen atoms in total. The number of benzene rings is 1. The van der Waals surface area contributed by atoms with Crippen LogP contribution in [-0.4, -0.2) is 17.9 Å². The molecule has 0 amide bonds. The third-order valence-corrected chi connectivity index (χ3v) is 1.84. The van der Waals surface area contributed by atoms with E-state index in [2.05, 4.69) is 0 Å². The summed E-state index contributed by atoms with van der Waals surface area (Å²) in [5.74, 6) is -12.3. The first-order valence-electron chi connectivity index (χ1n) is 4.02. The fourth-order valence-corrected chi connectivity index (χ4v) is 0.977. The van der Waals surface area contributed by atoms with Crippen molar-refractivity contribution in [3.8, 4) is 0 Å². The van der Waals surface area contributed by atoms with Gasteiger partial charge in [0.15, 0.2) is 11.6 Å². The lowest BCUT2D eigenvalue weighted by Gasteiger charge is -2.18. The zero-order chi connectivity index (χ0) is 13.4. The van der Waals surface area contributed by atoms with E-state index in [1.165, 1.54) is 0 Å². The summed E-state index contributed by atoms with van der Waals surface area (Å²) in [6.07, 6.45) is -6.16. The smallest absolute Gasteiger partial charge is 0.287 e. The standard InChI is InChI=1S/C9H3F7O/c10-5-3-1-2-4(6(5)11)7(17)8(12,13)9(14,15)16/h1-3H. The van der Waals surface area contributed by atoms with Gasteiger partial charge in [0, 0.05) is 0 Å². The number of hydrogen-bond acceptors (Lipinski definition) is 1. The van der Waals surface area contributed by atoms with Crippen molar-refractivity contribution in [1.29, 1.82) is 0 Å². The van der Waals surface area contributed by atoms with Gasteiger partial charge in [0.1, 0.15) is 0 Å². The molecule has 0 bridgehead atoms. The first kappa shape index (κ1) is 13.5. The first-order valence-corrected chi connectivity index (χ1v) is 4.02. The molecule has 94 valence electrons. The van der Waals surface area contributed by atoms with Crippen LogP contribution in [0.15, 0.2) is 18.2 Å². The summed E-state index contributed by atoms with van der Waals surface area (Å²) in [5.41, 5.74) is -1.65. The van der Waals surface area contributed by atoms with Crippen LogP contribution < -0.4 is 0 Å². The lowest BCUT2D eigenvalue weighted by molar-refractivity contribution is -0.255. The van der Waals surface area contributed by atoms with Crippen LogP contribution in [-0.2, 0) is 0 Å². The second-order valence-corrected chi connectivity index (χ2v) is 3.00. The largest absolute Gasteiger partial charge is 0.461 e. The predicted octanol–water partition coefficient (Wildman–Crippen LogP) is 3.35. The fraction of sp³-hybridized carbons (Fsp3) is 0.222. The van der Waals surface area contributed by atoms with Crippen LogP contribution in [0.2, 0.25) is 0 Å². The zero-order valence-corrected chi connectivity index (χ0v) is 7.79. The highest BCUT2D eigenvalue weighted by molar-refractivity contribution is 6.02. The molecular weight excluding hydrogens is 257 g/mol. The maximum Gasteiger partial charge on any atom is 0.461 e. The first-order chi connectivity index (χ1) is 7.59. The summed E-state index contributed by atoms with van der Waals surface area (Å²) in [6.45, 7) is 0. The van der Waals surface area contributed by atoms with Gasteiger partial charge in [0.05, 0.1) is 5.56 Å². The van der Waals surface area contributed by atoms with Crippen LogP contribution in [0.3, 0.4) is 0 Å². The summed E-state index contributed by atoms with van der Waals surface area (Å²) in [7, 11) is 0. The van der Waals surface area contributed by atoms with Crippen molar-refractivity contribution in [2.75, 3.05) is 0 Å². The molecule has 0 aliphatic rings. The van der Waals surface area contributed by atoms with Gasteiger partial charge in [-0.1, -0.05) is 6.07 Å². The lowest BCUT2D eigenvalue weighted by Crippen LogP contribution is -2.44. The topological polar surface area (TPSA) is 17.1 Å². The molecule has 0 aliphatic heterocycles. The van der Waals surface area contributed by atoms with Crippen molar-refractivity contribution >= 4 is 5.78 Å². The minimum atomic E-state index is -6.16. The Balaban J connectivity index is 3.27. The molecule has 0 fully saturated rings. The molecule has 0 heterocycles.